The Morgan fingerprint density at radius 2 is 1.58 bits per heavy atom. The summed E-state index contributed by atoms with van der Waals surface area (Å²) in [5.41, 5.74) is 9.18. The lowest BCUT2D eigenvalue weighted by molar-refractivity contribution is -0.192. The Morgan fingerprint density at radius 3 is 2.11 bits per heavy atom. The Bertz CT molecular complexity index is 2120. The van der Waals surface area contributed by atoms with Gasteiger partial charge in [0.15, 0.2) is 0 Å². The number of hydrogen-bond donors (Lipinski definition) is 4. The van der Waals surface area contributed by atoms with Gasteiger partial charge in [0.25, 0.3) is 0 Å². The molecule has 4 aromatic rings. The monoisotopic (exact) mass is 867 g/mol. The number of carbonyl (C=O) groups excluding carboxylic acids is 3. The molecule has 3 heterocycles. The molecule has 2 fully saturated rings. The van der Waals surface area contributed by atoms with E-state index in [4.69, 9.17) is 30.1 Å². The van der Waals surface area contributed by atoms with Crippen molar-refractivity contribution in [1.82, 2.24) is 40.8 Å². The molecule has 1 aliphatic heterocycles. The number of ether oxygens (including phenoxy) is 2. The third kappa shape index (κ3) is 12.8. The zero-order chi connectivity index (χ0) is 45.2. The number of anilines is 2. The number of methoxy groups -OCH3 is 1. The molecule has 3 amide bonds. The number of H-pyrrole nitrogens is 1. The minimum Gasteiger partial charge on any atom is -0.480 e. The van der Waals surface area contributed by atoms with Crippen molar-refractivity contribution in [2.45, 2.75) is 70.7 Å². The maximum absolute atomic E-state index is 14.5. The fourth-order valence-electron chi connectivity index (χ4n) is 7.10. The van der Waals surface area contributed by atoms with Crippen LogP contribution in [0.25, 0.3) is 22.5 Å². The van der Waals surface area contributed by atoms with E-state index in [9.17, 15) is 27.6 Å². The molecule has 62 heavy (non-hydrogen) atoms. The van der Waals surface area contributed by atoms with E-state index in [1.807, 2.05) is 45.0 Å². The minimum absolute atomic E-state index is 0.173. The number of rotatable bonds is 12. The van der Waals surface area contributed by atoms with Crippen molar-refractivity contribution in [3.05, 3.63) is 60.3 Å². The van der Waals surface area contributed by atoms with Gasteiger partial charge in [-0.1, -0.05) is 24.3 Å². The Kier molecular flexibility index (Phi) is 15.4. The smallest absolute Gasteiger partial charge is 0.480 e. The minimum atomic E-state index is -5.08. The fourth-order valence-corrected chi connectivity index (χ4v) is 7.10. The quantitative estimate of drug-likeness (QED) is 0.154. The first-order valence-electron chi connectivity index (χ1n) is 20.0. The normalized spacial score (nSPS) is 17.5. The molecule has 6 rings (SSSR count). The topological polar surface area (TPSA) is 235 Å². The van der Waals surface area contributed by atoms with Gasteiger partial charge in [-0.25, -0.2) is 14.6 Å². The number of aromatic nitrogens is 6. The molecule has 2 aromatic heterocycles. The molecular weight excluding hydrogens is 816 g/mol. The maximum atomic E-state index is 14.5. The Hall–Kier alpha value is -6.38. The summed E-state index contributed by atoms with van der Waals surface area (Å²) in [7, 11) is 3.70. The van der Waals surface area contributed by atoms with E-state index in [-0.39, 0.29) is 24.2 Å². The number of halogens is 3. The number of nitrogens with one attached hydrogen (secondary N) is 2. The van der Waals surface area contributed by atoms with Gasteiger partial charge < -0.3 is 35.4 Å². The lowest BCUT2D eigenvalue weighted by atomic mass is 9.81. The van der Waals surface area contributed by atoms with Crippen molar-refractivity contribution in [1.29, 1.82) is 0 Å². The summed E-state index contributed by atoms with van der Waals surface area (Å²) in [4.78, 5) is 64.3. The summed E-state index contributed by atoms with van der Waals surface area (Å²) in [5.74, 6) is -2.16. The average Bonchev–Trinajstić information content (AvgIpc) is 3.78. The van der Waals surface area contributed by atoms with Crippen LogP contribution in [-0.2, 0) is 25.5 Å². The molecule has 1 saturated carbocycles. The van der Waals surface area contributed by atoms with Gasteiger partial charge in [0.05, 0.1) is 12.7 Å². The van der Waals surface area contributed by atoms with Gasteiger partial charge in [0.1, 0.15) is 11.6 Å². The first-order valence-corrected chi connectivity index (χ1v) is 20.0. The van der Waals surface area contributed by atoms with Crippen LogP contribution >= 0.6 is 0 Å². The predicted octanol–water partition coefficient (Wildman–Crippen LogP) is 4.48. The third-order valence-electron chi connectivity index (χ3n) is 10.4. The predicted molar refractivity (Wildman–Crippen MR) is 221 cm³/mol. The number of hydrogen-bond acceptors (Lipinski definition) is 13. The molecule has 2 aromatic carbocycles. The van der Waals surface area contributed by atoms with E-state index in [2.05, 4.69) is 47.8 Å². The molecule has 21 heteroatoms. The SMILES string of the molecule is COc1nc(N2CCN(C)CC2)ncc1-c1ccc(C[C@@H](C(N)=O)N(C(=O)C2CCC(CNC(=O)OC(C)(C)C)CC2)c2ccc(-c3nn[nH]n3)cc2)cc1.O=C(O)C(F)(F)F. The summed E-state index contributed by atoms with van der Waals surface area (Å²) in [6, 6.07) is 13.9. The largest absolute Gasteiger partial charge is 0.490 e. The van der Waals surface area contributed by atoms with E-state index in [0.717, 1.165) is 55.7 Å². The van der Waals surface area contributed by atoms with E-state index in [1.165, 1.54) is 0 Å². The summed E-state index contributed by atoms with van der Waals surface area (Å²) >= 11 is 0. The Labute approximate surface area is 356 Å². The lowest BCUT2D eigenvalue weighted by Gasteiger charge is -2.36. The third-order valence-corrected chi connectivity index (χ3v) is 10.4. The van der Waals surface area contributed by atoms with Crippen LogP contribution in [-0.4, -0.2) is 129 Å². The van der Waals surface area contributed by atoms with Gasteiger partial charge in [-0.05, 0) is 100 Å². The number of likely N-dealkylation sites (N-methyl/N-ethyl adjacent to an activating group) is 1. The number of piperazine rings is 1. The van der Waals surface area contributed by atoms with Gasteiger partial charge in [-0.15, -0.1) is 10.2 Å². The zero-order valence-electron chi connectivity index (χ0n) is 35.2. The standard InChI is InChI=1S/C39H51N11O5.C2HF3O2/c1-39(2,3)55-38(53)42-23-26-8-12-29(13-9-26)36(52)50(30-16-14-28(15-17-30)34-44-46-47-45-34)32(33(40)51)22-25-6-10-27(11-7-25)31-24-41-37(43-35(31)54-5)49-20-18-48(4)19-21-49;3-2(4,5)1(6)7/h6-7,10-11,14-17,24,26,29,32H,8-9,12-13,18-23H2,1-5H3,(H2,40,51)(H,42,53)(H,44,45,46,47);(H,6,7)/t26?,29?,32-;/m0./s1. The second kappa shape index (κ2) is 20.5. The van der Waals surface area contributed by atoms with Crippen LogP contribution in [0.4, 0.5) is 29.6 Å². The molecule has 0 bridgehead atoms. The van der Waals surface area contributed by atoms with Crippen LogP contribution in [0, 0.1) is 11.8 Å². The molecule has 0 spiro atoms. The molecule has 0 unspecified atom stereocenters. The van der Waals surface area contributed by atoms with E-state index < -0.39 is 35.8 Å². The first kappa shape index (κ1) is 46.7. The number of carboxylic acid groups (broad SMARTS) is 1. The van der Waals surface area contributed by atoms with Crippen molar-refractivity contribution in [2.24, 2.45) is 17.6 Å². The van der Waals surface area contributed by atoms with Gasteiger partial charge in [0, 0.05) is 62.5 Å². The van der Waals surface area contributed by atoms with Crippen LogP contribution in [0.3, 0.4) is 0 Å². The summed E-state index contributed by atoms with van der Waals surface area (Å²) in [6.45, 7) is 9.49. The number of carboxylic acids is 1. The molecule has 5 N–H and O–H groups in total. The summed E-state index contributed by atoms with van der Waals surface area (Å²) in [6.07, 6.45) is -0.874. The number of primary amides is 1. The van der Waals surface area contributed by atoms with Crippen LogP contribution in [0.15, 0.2) is 54.7 Å². The van der Waals surface area contributed by atoms with Crippen LogP contribution in [0.5, 0.6) is 5.88 Å². The molecule has 2 aliphatic rings. The molecule has 1 aliphatic carbocycles. The number of benzene rings is 2. The summed E-state index contributed by atoms with van der Waals surface area (Å²) < 4.78 is 42.8. The lowest BCUT2D eigenvalue weighted by Crippen LogP contribution is -2.52. The first-order chi connectivity index (χ1) is 29.3. The van der Waals surface area contributed by atoms with Crippen molar-refractivity contribution >= 4 is 35.5 Å². The number of nitrogens with two attached hydrogens (primary N) is 1. The van der Waals surface area contributed by atoms with Crippen molar-refractivity contribution in [3.8, 4) is 28.4 Å². The fraction of sp³-hybridized carbons (Fsp3) is 0.488. The Morgan fingerprint density at radius 1 is 0.968 bits per heavy atom. The number of aliphatic carboxylic acids is 1. The van der Waals surface area contributed by atoms with E-state index >= 15 is 0 Å². The molecule has 334 valence electrons. The van der Waals surface area contributed by atoms with Gasteiger partial charge in [0.2, 0.25) is 29.5 Å². The molecule has 18 nitrogen and oxygen atoms in total. The number of carbonyl (C=O) groups is 4. The van der Waals surface area contributed by atoms with E-state index in [0.29, 0.717) is 48.3 Å². The molecular formula is C41H52F3N11O7. The number of alkyl carbamates (subject to hydrolysis) is 1. The number of amides is 3. The molecule has 1 saturated heterocycles. The molecule has 0 radical (unpaired) electrons. The summed E-state index contributed by atoms with van der Waals surface area (Å²) in [5, 5.41) is 24.2. The highest BCUT2D eigenvalue weighted by atomic mass is 19.4. The van der Waals surface area contributed by atoms with Crippen LogP contribution < -0.4 is 25.6 Å². The highest BCUT2D eigenvalue weighted by Gasteiger charge is 2.38. The Balaban J connectivity index is 0.000000955. The molecule has 1 atom stereocenters. The van der Waals surface area contributed by atoms with Crippen LogP contribution in [0.1, 0.15) is 52.0 Å². The average molecular weight is 868 g/mol. The second-order valence-corrected chi connectivity index (χ2v) is 16.1. The number of aromatic amines is 1. The van der Waals surface area contributed by atoms with Crippen molar-refractivity contribution in [3.63, 3.8) is 0 Å². The highest BCUT2D eigenvalue weighted by molar-refractivity contribution is 6.01. The van der Waals surface area contributed by atoms with Gasteiger partial charge >= 0.3 is 18.2 Å². The van der Waals surface area contributed by atoms with Crippen molar-refractivity contribution in [2.75, 3.05) is 56.7 Å². The van der Waals surface area contributed by atoms with E-state index in [1.54, 1.807) is 42.5 Å². The van der Waals surface area contributed by atoms with Gasteiger partial charge in [-0.2, -0.15) is 23.4 Å². The maximum Gasteiger partial charge on any atom is 0.490 e. The number of nitrogens with zero attached hydrogens (tertiary/aromatic N) is 8. The number of alkyl halides is 3. The highest BCUT2D eigenvalue weighted by Crippen LogP contribution is 2.34. The van der Waals surface area contributed by atoms with Crippen molar-refractivity contribution < 1.29 is 46.9 Å². The van der Waals surface area contributed by atoms with Crippen LogP contribution in [0.2, 0.25) is 0 Å². The second-order valence-electron chi connectivity index (χ2n) is 16.1. The van der Waals surface area contributed by atoms with Gasteiger partial charge in [-0.3, -0.25) is 14.5 Å². The number of tetrazole rings is 1. The zero-order valence-corrected chi connectivity index (χ0v) is 35.2.